The average Bonchev–Trinajstić information content (AvgIpc) is 2.53. The summed E-state index contributed by atoms with van der Waals surface area (Å²) in [5.41, 5.74) is 2.88. The highest BCUT2D eigenvalue weighted by Crippen LogP contribution is 2.21. The molecule has 0 aliphatic carbocycles. The van der Waals surface area contributed by atoms with Crippen molar-refractivity contribution in [1.82, 2.24) is 5.32 Å². The van der Waals surface area contributed by atoms with Crippen molar-refractivity contribution in [1.29, 1.82) is 0 Å². The summed E-state index contributed by atoms with van der Waals surface area (Å²) in [5, 5.41) is 15.8. The number of carbonyl (C=O) groups is 1. The van der Waals surface area contributed by atoms with E-state index in [1.54, 1.807) is 0 Å². The van der Waals surface area contributed by atoms with Crippen LogP contribution < -0.4 is 10.6 Å². The van der Waals surface area contributed by atoms with Crippen molar-refractivity contribution >= 4 is 11.6 Å². The van der Waals surface area contributed by atoms with Gasteiger partial charge in [0.05, 0.1) is 12.6 Å². The Bertz CT molecular complexity index is 613. The molecule has 0 aliphatic rings. The van der Waals surface area contributed by atoms with Crippen LogP contribution in [0.25, 0.3) is 0 Å². The molecule has 0 spiro atoms. The van der Waals surface area contributed by atoms with Crippen LogP contribution in [0.1, 0.15) is 37.1 Å². The average molecular weight is 298 g/mol. The first-order chi connectivity index (χ1) is 10.6. The third kappa shape index (κ3) is 4.41. The Balaban J connectivity index is 2.10. The fourth-order valence-corrected chi connectivity index (χ4v) is 2.43. The van der Waals surface area contributed by atoms with Gasteiger partial charge in [0.25, 0.3) is 0 Å². The van der Waals surface area contributed by atoms with Crippen LogP contribution in [0.5, 0.6) is 0 Å². The fourth-order valence-electron chi connectivity index (χ4n) is 2.43. The van der Waals surface area contributed by atoms with Crippen molar-refractivity contribution in [3.63, 3.8) is 0 Å². The standard InChI is InChI=1S/C18H22N2O2/c1-13(16-9-6-10-17(11-16)20-14(2)22)19-18(12-21)15-7-4-3-5-8-15/h3-11,13,18-19,21H,12H2,1-2H3,(H,20,22). The summed E-state index contributed by atoms with van der Waals surface area (Å²) < 4.78 is 0. The number of hydrogen-bond donors (Lipinski definition) is 3. The van der Waals surface area contributed by atoms with Gasteiger partial charge in [0.1, 0.15) is 0 Å². The molecule has 4 heteroatoms. The van der Waals surface area contributed by atoms with E-state index in [0.717, 1.165) is 16.8 Å². The second-order valence-electron chi connectivity index (χ2n) is 5.34. The van der Waals surface area contributed by atoms with Crippen LogP contribution in [-0.2, 0) is 4.79 Å². The molecular weight excluding hydrogens is 276 g/mol. The Morgan fingerprint density at radius 2 is 1.77 bits per heavy atom. The zero-order valence-corrected chi connectivity index (χ0v) is 12.9. The molecule has 0 radical (unpaired) electrons. The molecule has 0 saturated carbocycles. The van der Waals surface area contributed by atoms with Gasteiger partial charge in [-0.15, -0.1) is 0 Å². The number of benzene rings is 2. The summed E-state index contributed by atoms with van der Waals surface area (Å²) in [7, 11) is 0. The van der Waals surface area contributed by atoms with Crippen molar-refractivity contribution in [2.24, 2.45) is 0 Å². The fraction of sp³-hybridized carbons (Fsp3) is 0.278. The van der Waals surface area contributed by atoms with Crippen molar-refractivity contribution in [2.75, 3.05) is 11.9 Å². The highest BCUT2D eigenvalue weighted by atomic mass is 16.3. The lowest BCUT2D eigenvalue weighted by Gasteiger charge is -2.23. The van der Waals surface area contributed by atoms with Gasteiger partial charge < -0.3 is 15.7 Å². The quantitative estimate of drug-likeness (QED) is 0.768. The molecule has 3 N–H and O–H groups in total. The van der Waals surface area contributed by atoms with E-state index in [9.17, 15) is 9.90 Å². The molecule has 116 valence electrons. The minimum absolute atomic E-state index is 0.0275. The van der Waals surface area contributed by atoms with Gasteiger partial charge in [-0.25, -0.2) is 0 Å². The van der Waals surface area contributed by atoms with Crippen LogP contribution in [0.4, 0.5) is 5.69 Å². The number of anilines is 1. The predicted octanol–water partition coefficient (Wildman–Crippen LogP) is 3.03. The van der Waals surface area contributed by atoms with E-state index in [-0.39, 0.29) is 24.6 Å². The second-order valence-corrected chi connectivity index (χ2v) is 5.34. The van der Waals surface area contributed by atoms with Gasteiger partial charge in [-0.1, -0.05) is 42.5 Å². The van der Waals surface area contributed by atoms with Gasteiger partial charge in [0.2, 0.25) is 5.91 Å². The molecule has 4 nitrogen and oxygen atoms in total. The van der Waals surface area contributed by atoms with Gasteiger partial charge in [-0.05, 0) is 30.2 Å². The van der Waals surface area contributed by atoms with E-state index >= 15 is 0 Å². The molecule has 0 heterocycles. The predicted molar refractivity (Wildman–Crippen MR) is 88.6 cm³/mol. The lowest BCUT2D eigenvalue weighted by Crippen LogP contribution is -2.27. The third-order valence-electron chi connectivity index (χ3n) is 3.54. The monoisotopic (exact) mass is 298 g/mol. The smallest absolute Gasteiger partial charge is 0.221 e. The number of aliphatic hydroxyl groups excluding tert-OH is 1. The van der Waals surface area contributed by atoms with Crippen LogP contribution in [0, 0.1) is 0 Å². The molecule has 2 atom stereocenters. The van der Waals surface area contributed by atoms with E-state index < -0.39 is 0 Å². The topological polar surface area (TPSA) is 61.4 Å². The highest BCUT2D eigenvalue weighted by Gasteiger charge is 2.14. The van der Waals surface area contributed by atoms with Crippen molar-refractivity contribution in [2.45, 2.75) is 25.9 Å². The van der Waals surface area contributed by atoms with Gasteiger partial charge in [-0.2, -0.15) is 0 Å². The number of amides is 1. The summed E-state index contributed by atoms with van der Waals surface area (Å²) in [6.45, 7) is 3.56. The number of carbonyl (C=O) groups excluding carboxylic acids is 1. The van der Waals surface area contributed by atoms with E-state index in [2.05, 4.69) is 10.6 Å². The van der Waals surface area contributed by atoms with Crippen molar-refractivity contribution in [3.8, 4) is 0 Å². The Labute approximate surface area is 131 Å². The van der Waals surface area contributed by atoms with Gasteiger partial charge in [0.15, 0.2) is 0 Å². The molecule has 2 rings (SSSR count). The Morgan fingerprint density at radius 3 is 2.41 bits per heavy atom. The van der Waals surface area contributed by atoms with E-state index in [0.29, 0.717) is 0 Å². The lowest BCUT2D eigenvalue weighted by molar-refractivity contribution is -0.114. The first kappa shape index (κ1) is 16.2. The van der Waals surface area contributed by atoms with Crippen LogP contribution in [0.3, 0.4) is 0 Å². The Hall–Kier alpha value is -2.17. The molecule has 0 saturated heterocycles. The molecule has 2 unspecified atom stereocenters. The summed E-state index contributed by atoms with van der Waals surface area (Å²) in [4.78, 5) is 11.1. The number of nitrogens with one attached hydrogen (secondary N) is 2. The molecule has 0 bridgehead atoms. The maximum Gasteiger partial charge on any atom is 0.221 e. The van der Waals surface area contributed by atoms with Gasteiger partial charge in [-0.3, -0.25) is 4.79 Å². The Morgan fingerprint density at radius 1 is 1.09 bits per heavy atom. The van der Waals surface area contributed by atoms with Crippen molar-refractivity contribution < 1.29 is 9.90 Å². The van der Waals surface area contributed by atoms with E-state index in [4.69, 9.17) is 0 Å². The third-order valence-corrected chi connectivity index (χ3v) is 3.54. The summed E-state index contributed by atoms with van der Waals surface area (Å²) in [5.74, 6) is -0.0877. The van der Waals surface area contributed by atoms with E-state index in [1.165, 1.54) is 6.92 Å². The maximum absolute atomic E-state index is 11.1. The van der Waals surface area contributed by atoms with Gasteiger partial charge in [0, 0.05) is 18.7 Å². The molecule has 0 fully saturated rings. The number of aliphatic hydroxyl groups is 1. The highest BCUT2D eigenvalue weighted by molar-refractivity contribution is 5.88. The summed E-state index contributed by atoms with van der Waals surface area (Å²) in [6.07, 6.45) is 0. The lowest BCUT2D eigenvalue weighted by atomic mass is 10.0. The Kier molecular flexibility index (Phi) is 5.69. The summed E-state index contributed by atoms with van der Waals surface area (Å²) in [6, 6.07) is 17.5. The molecule has 1 amide bonds. The first-order valence-corrected chi connectivity index (χ1v) is 7.39. The minimum atomic E-state index is -0.124. The molecule has 0 aromatic heterocycles. The SMILES string of the molecule is CC(=O)Nc1cccc(C(C)NC(CO)c2ccccc2)c1. The minimum Gasteiger partial charge on any atom is -0.394 e. The van der Waals surface area contributed by atoms with E-state index in [1.807, 2.05) is 61.5 Å². The molecular formula is C18H22N2O2. The second kappa shape index (κ2) is 7.73. The zero-order valence-electron chi connectivity index (χ0n) is 12.9. The number of hydrogen-bond acceptors (Lipinski definition) is 3. The van der Waals surface area contributed by atoms with Crippen LogP contribution in [0.15, 0.2) is 54.6 Å². The van der Waals surface area contributed by atoms with Crippen LogP contribution in [-0.4, -0.2) is 17.6 Å². The largest absolute Gasteiger partial charge is 0.394 e. The molecule has 2 aromatic carbocycles. The zero-order chi connectivity index (χ0) is 15.9. The van der Waals surface area contributed by atoms with Crippen LogP contribution in [0.2, 0.25) is 0 Å². The molecule has 22 heavy (non-hydrogen) atoms. The molecule has 2 aromatic rings. The normalized spacial score (nSPS) is 13.4. The molecule has 0 aliphatic heterocycles. The maximum atomic E-state index is 11.1. The van der Waals surface area contributed by atoms with Crippen molar-refractivity contribution in [3.05, 3.63) is 65.7 Å². The first-order valence-electron chi connectivity index (χ1n) is 7.39. The number of rotatable bonds is 6. The van der Waals surface area contributed by atoms with Crippen LogP contribution >= 0.6 is 0 Å². The summed E-state index contributed by atoms with van der Waals surface area (Å²) >= 11 is 0. The van der Waals surface area contributed by atoms with Gasteiger partial charge >= 0.3 is 0 Å².